The Morgan fingerprint density at radius 3 is 2.67 bits per heavy atom. The van der Waals surface area contributed by atoms with Gasteiger partial charge >= 0.3 is 0 Å². The Labute approximate surface area is 101 Å². The molecule has 0 heterocycles. The number of benzene rings is 1. The Morgan fingerprint density at radius 2 is 2.13 bits per heavy atom. The molecule has 0 fully saturated rings. The second-order valence-corrected chi connectivity index (χ2v) is 5.69. The molecule has 0 aliphatic carbocycles. The monoisotopic (exact) mass is 315 g/mol. The molecule has 15 heavy (non-hydrogen) atoms. The van der Waals surface area contributed by atoms with E-state index in [9.17, 15) is 12.8 Å². The van der Waals surface area contributed by atoms with Crippen molar-refractivity contribution in [2.45, 2.75) is 11.8 Å². The molecule has 0 saturated carbocycles. The fraction of sp³-hybridized carbons (Fsp3) is 0.250. The van der Waals surface area contributed by atoms with Crippen molar-refractivity contribution in [1.82, 2.24) is 4.72 Å². The van der Waals surface area contributed by atoms with Crippen molar-refractivity contribution in [2.24, 2.45) is 0 Å². The first-order chi connectivity index (χ1) is 6.88. The molecule has 0 saturated heterocycles. The largest absolute Gasteiger partial charge is 0.243 e. The van der Waals surface area contributed by atoms with E-state index in [2.05, 4.69) is 20.7 Å². The van der Waals surface area contributed by atoms with Gasteiger partial charge in [0.2, 0.25) is 10.0 Å². The van der Waals surface area contributed by atoms with Gasteiger partial charge in [0.25, 0.3) is 0 Å². The summed E-state index contributed by atoms with van der Waals surface area (Å²) in [6, 6.07) is 2.09. The number of sulfonamides is 1. The van der Waals surface area contributed by atoms with E-state index in [1.807, 2.05) is 0 Å². The number of rotatable bonds is 3. The van der Waals surface area contributed by atoms with E-state index >= 15 is 0 Å². The van der Waals surface area contributed by atoms with Crippen molar-refractivity contribution < 1.29 is 12.8 Å². The van der Waals surface area contributed by atoms with Crippen LogP contribution in [0.4, 0.5) is 4.39 Å². The Kier molecular flexibility index (Phi) is 4.11. The normalized spacial score (nSPS) is 11.7. The minimum absolute atomic E-state index is 0.146. The van der Waals surface area contributed by atoms with Crippen LogP contribution in [0.25, 0.3) is 0 Å². The lowest BCUT2D eigenvalue weighted by atomic mass is 10.3. The second-order valence-electron chi connectivity index (χ2n) is 2.70. The van der Waals surface area contributed by atoms with Crippen molar-refractivity contribution in [2.75, 3.05) is 6.54 Å². The Morgan fingerprint density at radius 1 is 1.53 bits per heavy atom. The van der Waals surface area contributed by atoms with E-state index < -0.39 is 20.7 Å². The molecule has 7 heteroatoms. The molecule has 84 valence electrons. The van der Waals surface area contributed by atoms with Crippen molar-refractivity contribution in [3.63, 3.8) is 0 Å². The number of hydrogen-bond acceptors (Lipinski definition) is 2. The van der Waals surface area contributed by atoms with Crippen LogP contribution in [0.3, 0.4) is 0 Å². The summed E-state index contributed by atoms with van der Waals surface area (Å²) in [4.78, 5) is -0.447. The Bertz CT molecular complexity index is 478. The third-order valence-corrected chi connectivity index (χ3v) is 4.36. The highest BCUT2D eigenvalue weighted by Gasteiger charge is 2.19. The number of hydrogen-bond donors (Lipinski definition) is 1. The first-order valence-corrected chi connectivity index (χ1v) is 6.68. The molecule has 3 nitrogen and oxygen atoms in total. The summed E-state index contributed by atoms with van der Waals surface area (Å²) in [6.45, 7) is 1.80. The van der Waals surface area contributed by atoms with Crippen LogP contribution in [0.1, 0.15) is 6.92 Å². The maximum Gasteiger partial charge on any atom is 0.243 e. The SMILES string of the molecule is CCNS(=O)(=O)c1cc(Cl)c(Br)cc1F. The van der Waals surface area contributed by atoms with Gasteiger partial charge in [0.15, 0.2) is 0 Å². The minimum Gasteiger partial charge on any atom is -0.211 e. The summed E-state index contributed by atoms with van der Waals surface area (Å²) in [5.74, 6) is -0.841. The van der Waals surface area contributed by atoms with E-state index in [1.54, 1.807) is 6.92 Å². The highest BCUT2D eigenvalue weighted by atomic mass is 79.9. The van der Waals surface area contributed by atoms with Gasteiger partial charge in [0.05, 0.1) is 5.02 Å². The van der Waals surface area contributed by atoms with Crippen LogP contribution in [0.15, 0.2) is 21.5 Å². The van der Waals surface area contributed by atoms with Gasteiger partial charge in [-0.05, 0) is 28.1 Å². The van der Waals surface area contributed by atoms with E-state index in [-0.39, 0.29) is 11.6 Å². The fourth-order valence-corrected chi connectivity index (χ4v) is 2.65. The van der Waals surface area contributed by atoms with Gasteiger partial charge in [-0.1, -0.05) is 18.5 Å². The van der Waals surface area contributed by atoms with E-state index in [0.29, 0.717) is 4.47 Å². The third kappa shape index (κ3) is 2.90. The van der Waals surface area contributed by atoms with Crippen molar-refractivity contribution in [3.8, 4) is 0 Å². The van der Waals surface area contributed by atoms with Crippen LogP contribution in [0.2, 0.25) is 5.02 Å². The molecule has 1 aromatic carbocycles. The topological polar surface area (TPSA) is 46.2 Å². The summed E-state index contributed by atoms with van der Waals surface area (Å²) in [7, 11) is -3.81. The van der Waals surface area contributed by atoms with Gasteiger partial charge in [-0.15, -0.1) is 0 Å². The second kappa shape index (κ2) is 4.78. The van der Waals surface area contributed by atoms with Crippen LogP contribution in [0, 0.1) is 5.82 Å². The lowest BCUT2D eigenvalue weighted by Crippen LogP contribution is -2.24. The average molecular weight is 317 g/mol. The van der Waals surface area contributed by atoms with Crippen molar-refractivity contribution in [1.29, 1.82) is 0 Å². The molecule has 0 unspecified atom stereocenters. The maximum atomic E-state index is 13.3. The van der Waals surface area contributed by atoms with Crippen LogP contribution < -0.4 is 4.72 Å². The van der Waals surface area contributed by atoms with Gasteiger partial charge in [-0.2, -0.15) is 0 Å². The Hall–Kier alpha value is -0.170. The van der Waals surface area contributed by atoms with Crippen LogP contribution in [-0.4, -0.2) is 15.0 Å². The lowest BCUT2D eigenvalue weighted by molar-refractivity contribution is 0.558. The summed E-state index contributed by atoms with van der Waals surface area (Å²) in [6.07, 6.45) is 0. The summed E-state index contributed by atoms with van der Waals surface area (Å²) in [5, 5.41) is 0.146. The molecule has 1 rings (SSSR count). The van der Waals surface area contributed by atoms with Crippen molar-refractivity contribution >= 4 is 37.6 Å². The minimum atomic E-state index is -3.81. The molecule has 0 aromatic heterocycles. The molecule has 0 radical (unpaired) electrons. The first kappa shape index (κ1) is 12.9. The molecule has 0 bridgehead atoms. The molecule has 1 aromatic rings. The quantitative estimate of drug-likeness (QED) is 0.871. The fourth-order valence-electron chi connectivity index (χ4n) is 0.978. The van der Waals surface area contributed by atoms with Gasteiger partial charge < -0.3 is 0 Å². The van der Waals surface area contributed by atoms with Crippen LogP contribution in [0.5, 0.6) is 0 Å². The predicted molar refractivity (Wildman–Crippen MR) is 60.0 cm³/mol. The van der Waals surface area contributed by atoms with Crippen LogP contribution >= 0.6 is 27.5 Å². The van der Waals surface area contributed by atoms with E-state index in [0.717, 1.165) is 12.1 Å². The molecule has 0 aliphatic heterocycles. The van der Waals surface area contributed by atoms with E-state index in [1.165, 1.54) is 0 Å². The predicted octanol–water partition coefficient (Wildman–Crippen LogP) is 2.54. The highest BCUT2D eigenvalue weighted by molar-refractivity contribution is 9.10. The highest BCUT2D eigenvalue weighted by Crippen LogP contribution is 2.27. The smallest absolute Gasteiger partial charge is 0.211 e. The average Bonchev–Trinajstić information content (AvgIpc) is 2.11. The van der Waals surface area contributed by atoms with Gasteiger partial charge in [-0.25, -0.2) is 17.5 Å². The molecule has 0 spiro atoms. The Balaban J connectivity index is 3.33. The standard InChI is InChI=1S/C8H8BrClFNO2S/c1-2-12-15(13,14)8-4-6(10)5(9)3-7(8)11/h3-4,12H,2H2,1H3. The third-order valence-electron chi connectivity index (χ3n) is 1.60. The maximum absolute atomic E-state index is 13.3. The van der Waals surface area contributed by atoms with E-state index in [4.69, 9.17) is 11.6 Å². The van der Waals surface area contributed by atoms with Crippen LogP contribution in [-0.2, 0) is 10.0 Å². The summed E-state index contributed by atoms with van der Waals surface area (Å²) < 4.78 is 38.8. The summed E-state index contributed by atoms with van der Waals surface area (Å²) >= 11 is 8.68. The lowest BCUT2D eigenvalue weighted by Gasteiger charge is -2.06. The summed E-state index contributed by atoms with van der Waals surface area (Å²) in [5.41, 5.74) is 0. The molecule has 1 N–H and O–H groups in total. The molecule has 0 atom stereocenters. The molecular weight excluding hydrogens is 309 g/mol. The van der Waals surface area contributed by atoms with Gasteiger partial charge in [0.1, 0.15) is 10.7 Å². The molecular formula is C8H8BrClFNO2S. The zero-order valence-corrected chi connectivity index (χ0v) is 10.9. The zero-order chi connectivity index (χ0) is 11.6. The van der Waals surface area contributed by atoms with Gasteiger partial charge in [-0.3, -0.25) is 0 Å². The number of halogens is 3. The molecule has 0 aliphatic rings. The van der Waals surface area contributed by atoms with Crippen molar-refractivity contribution in [3.05, 3.63) is 27.4 Å². The molecule has 0 amide bonds. The van der Waals surface area contributed by atoms with Gasteiger partial charge in [0, 0.05) is 11.0 Å². The zero-order valence-electron chi connectivity index (χ0n) is 7.72. The number of nitrogens with one attached hydrogen (secondary N) is 1. The first-order valence-electron chi connectivity index (χ1n) is 4.02.